The third-order valence-electron chi connectivity index (χ3n) is 5.13. The lowest BCUT2D eigenvalue weighted by molar-refractivity contribution is 0.415. The highest BCUT2D eigenvalue weighted by atomic mass is 32.1. The number of nitrogens with zero attached hydrogens (tertiary/aromatic N) is 4. The zero-order valence-electron chi connectivity index (χ0n) is 18.0. The zero-order chi connectivity index (χ0) is 23.5. The Morgan fingerprint density at radius 2 is 1.68 bits per heavy atom. The van der Waals surface area contributed by atoms with Gasteiger partial charge < -0.3 is 9.84 Å². The first-order valence-corrected chi connectivity index (χ1v) is 11.2. The fourth-order valence-corrected chi connectivity index (χ4v) is 4.25. The average Bonchev–Trinajstić information content (AvgIpc) is 3.49. The summed E-state index contributed by atoms with van der Waals surface area (Å²) in [5.74, 6) is 0.744. The Kier molecular flexibility index (Phi) is 5.75. The number of para-hydroxylation sites is 1. The van der Waals surface area contributed by atoms with E-state index in [2.05, 4.69) is 20.3 Å². The number of hydrogen-bond donors (Lipinski definition) is 2. The molecule has 168 valence electrons. The quantitative estimate of drug-likeness (QED) is 0.294. The lowest BCUT2D eigenvalue weighted by Crippen LogP contribution is -2.13. The van der Waals surface area contributed by atoms with Gasteiger partial charge in [0.1, 0.15) is 17.2 Å². The summed E-state index contributed by atoms with van der Waals surface area (Å²) in [5, 5.41) is 21.9. The highest BCUT2D eigenvalue weighted by Gasteiger charge is 2.19. The maximum atomic E-state index is 13.4. The summed E-state index contributed by atoms with van der Waals surface area (Å²) in [7, 11) is 1.62. The summed E-state index contributed by atoms with van der Waals surface area (Å²) in [4.78, 5) is 18.7. The van der Waals surface area contributed by atoms with Crippen molar-refractivity contribution in [1.29, 1.82) is 0 Å². The van der Waals surface area contributed by atoms with E-state index in [1.165, 1.54) is 22.1 Å². The highest BCUT2D eigenvalue weighted by Crippen LogP contribution is 2.33. The molecule has 34 heavy (non-hydrogen) atoms. The molecule has 8 nitrogen and oxygen atoms in total. The van der Waals surface area contributed by atoms with Gasteiger partial charge in [-0.2, -0.15) is 4.68 Å². The molecule has 0 atom stereocenters. The van der Waals surface area contributed by atoms with Crippen LogP contribution in [0.3, 0.4) is 0 Å². The van der Waals surface area contributed by atoms with Crippen molar-refractivity contribution in [3.63, 3.8) is 0 Å². The Bertz CT molecular complexity index is 1520. The smallest absolute Gasteiger partial charge is 0.301 e. The largest absolute Gasteiger partial charge is 0.506 e. The van der Waals surface area contributed by atoms with E-state index in [0.717, 1.165) is 21.8 Å². The third-order valence-corrected chi connectivity index (χ3v) is 6.16. The van der Waals surface area contributed by atoms with Crippen LogP contribution in [-0.4, -0.2) is 27.0 Å². The number of aromatic hydroxyl groups is 1. The van der Waals surface area contributed by atoms with Gasteiger partial charge in [-0.15, -0.1) is 10.2 Å². The van der Waals surface area contributed by atoms with Gasteiger partial charge in [0, 0.05) is 11.8 Å². The number of phenolic OH excluding ortho intramolecular Hbond substituents is 1. The van der Waals surface area contributed by atoms with Crippen LogP contribution in [-0.2, 0) is 0 Å². The van der Waals surface area contributed by atoms with Gasteiger partial charge in [0.2, 0.25) is 5.13 Å². The predicted octanol–water partition coefficient (Wildman–Crippen LogP) is 6.09. The SMILES string of the molecule is COc1ccc(-c2cnc(-n3[nH]c(-c4ccccc4)c(N=Nc4ccccc4O)c3=O)s2)cc1. The fraction of sp³-hybridized carbons (Fsp3) is 0.0400. The van der Waals surface area contributed by atoms with Crippen molar-refractivity contribution in [1.82, 2.24) is 14.8 Å². The minimum absolute atomic E-state index is 0.0209. The molecule has 0 fully saturated rings. The first-order valence-electron chi connectivity index (χ1n) is 10.3. The molecule has 0 unspecified atom stereocenters. The van der Waals surface area contributed by atoms with E-state index in [-0.39, 0.29) is 17.1 Å². The molecule has 0 radical (unpaired) electrons. The van der Waals surface area contributed by atoms with Crippen LogP contribution in [0, 0.1) is 0 Å². The van der Waals surface area contributed by atoms with Crippen LogP contribution in [0.1, 0.15) is 0 Å². The van der Waals surface area contributed by atoms with E-state index in [1.807, 2.05) is 54.6 Å². The number of aromatic amines is 1. The normalized spacial score (nSPS) is 11.2. The van der Waals surface area contributed by atoms with E-state index >= 15 is 0 Å². The summed E-state index contributed by atoms with van der Waals surface area (Å²) in [6.07, 6.45) is 1.72. The van der Waals surface area contributed by atoms with Crippen LogP contribution in [0.15, 0.2) is 100 Å². The molecule has 2 aromatic heterocycles. The minimum Gasteiger partial charge on any atom is -0.506 e. The predicted molar refractivity (Wildman–Crippen MR) is 132 cm³/mol. The second kappa shape index (κ2) is 9.16. The van der Waals surface area contributed by atoms with Crippen LogP contribution in [0.4, 0.5) is 11.4 Å². The molecular weight excluding hydrogens is 450 g/mol. The van der Waals surface area contributed by atoms with Crippen molar-refractivity contribution < 1.29 is 9.84 Å². The molecule has 0 amide bonds. The number of aromatic nitrogens is 3. The maximum absolute atomic E-state index is 13.4. The number of azo groups is 1. The fourth-order valence-electron chi connectivity index (χ4n) is 3.37. The monoisotopic (exact) mass is 469 g/mol. The molecule has 3 aromatic carbocycles. The van der Waals surface area contributed by atoms with Gasteiger partial charge in [0.15, 0.2) is 5.69 Å². The van der Waals surface area contributed by atoms with Crippen molar-refractivity contribution in [3.05, 3.63) is 95.4 Å². The number of thiazole rings is 1. The van der Waals surface area contributed by atoms with Crippen LogP contribution >= 0.6 is 11.3 Å². The molecule has 5 aromatic rings. The maximum Gasteiger partial charge on any atom is 0.301 e. The highest BCUT2D eigenvalue weighted by molar-refractivity contribution is 7.17. The molecule has 0 aliphatic carbocycles. The van der Waals surface area contributed by atoms with Gasteiger partial charge in [-0.1, -0.05) is 53.8 Å². The summed E-state index contributed by atoms with van der Waals surface area (Å²) >= 11 is 1.37. The van der Waals surface area contributed by atoms with Crippen LogP contribution in [0.25, 0.3) is 26.8 Å². The van der Waals surface area contributed by atoms with E-state index in [9.17, 15) is 9.90 Å². The van der Waals surface area contributed by atoms with Gasteiger partial charge in [-0.05, 0) is 42.0 Å². The Morgan fingerprint density at radius 1 is 0.941 bits per heavy atom. The molecular formula is C25H19N5O3S. The molecule has 9 heteroatoms. The van der Waals surface area contributed by atoms with E-state index < -0.39 is 5.56 Å². The van der Waals surface area contributed by atoms with E-state index in [1.54, 1.807) is 31.5 Å². The molecule has 5 rings (SSSR count). The number of hydrogen-bond acceptors (Lipinski definition) is 7. The summed E-state index contributed by atoms with van der Waals surface area (Å²) in [6, 6.07) is 23.6. The number of nitrogens with one attached hydrogen (secondary N) is 1. The zero-order valence-corrected chi connectivity index (χ0v) is 18.9. The van der Waals surface area contributed by atoms with Crippen LogP contribution < -0.4 is 10.3 Å². The lowest BCUT2D eigenvalue weighted by atomic mass is 10.1. The third kappa shape index (κ3) is 4.12. The van der Waals surface area contributed by atoms with Crippen molar-refractivity contribution in [2.45, 2.75) is 0 Å². The van der Waals surface area contributed by atoms with Crippen LogP contribution in [0.2, 0.25) is 0 Å². The number of rotatable bonds is 6. The standard InChI is InChI=1S/C25H19N5O3S/c1-33-18-13-11-16(12-14-18)21-15-26-25(34-21)30-24(32)23(22(29-30)17-7-3-2-4-8-17)28-27-19-9-5-6-10-20(19)31/h2-15,29,31H,1H3. The van der Waals surface area contributed by atoms with Crippen molar-refractivity contribution >= 4 is 22.7 Å². The molecule has 0 saturated heterocycles. The summed E-state index contributed by atoms with van der Waals surface area (Å²) < 4.78 is 6.58. The molecule has 2 heterocycles. The number of H-pyrrole nitrogens is 1. The van der Waals surface area contributed by atoms with Gasteiger partial charge >= 0.3 is 5.56 Å². The molecule has 0 spiro atoms. The topological polar surface area (TPSA) is 105 Å². The van der Waals surface area contributed by atoms with Gasteiger partial charge in [0.05, 0.1) is 17.7 Å². The van der Waals surface area contributed by atoms with E-state index in [4.69, 9.17) is 4.74 Å². The Hall–Kier alpha value is -4.50. The number of phenols is 1. The van der Waals surface area contributed by atoms with E-state index in [0.29, 0.717) is 10.8 Å². The van der Waals surface area contributed by atoms with Crippen molar-refractivity contribution in [3.8, 4) is 38.3 Å². The first-order chi connectivity index (χ1) is 16.6. The van der Waals surface area contributed by atoms with Gasteiger partial charge in [-0.25, -0.2) is 4.98 Å². The molecule has 0 aliphatic heterocycles. The van der Waals surface area contributed by atoms with Crippen molar-refractivity contribution in [2.75, 3.05) is 7.11 Å². The number of ether oxygens (including phenoxy) is 1. The first kappa shape index (κ1) is 21.4. The van der Waals surface area contributed by atoms with Crippen LogP contribution in [0.5, 0.6) is 11.5 Å². The number of methoxy groups -OCH3 is 1. The van der Waals surface area contributed by atoms with Gasteiger partial charge in [-0.3, -0.25) is 9.89 Å². The minimum atomic E-state index is -0.395. The number of benzene rings is 3. The Balaban J connectivity index is 1.58. The molecule has 0 bridgehead atoms. The second-order valence-electron chi connectivity index (χ2n) is 7.27. The Labute approximate surface area is 198 Å². The Morgan fingerprint density at radius 3 is 2.41 bits per heavy atom. The summed E-state index contributed by atoms with van der Waals surface area (Å²) in [6.45, 7) is 0. The van der Waals surface area contributed by atoms with Gasteiger partial charge in [0.25, 0.3) is 0 Å². The molecule has 0 saturated carbocycles. The average molecular weight is 470 g/mol. The van der Waals surface area contributed by atoms with Crippen molar-refractivity contribution in [2.24, 2.45) is 10.2 Å². The lowest BCUT2D eigenvalue weighted by Gasteiger charge is -2.00. The molecule has 2 N–H and O–H groups in total. The second-order valence-corrected chi connectivity index (χ2v) is 8.28. The molecule has 0 aliphatic rings. The summed E-state index contributed by atoms with van der Waals surface area (Å²) in [5.41, 5.74) is 2.24.